The maximum absolute atomic E-state index is 12.1. The molecule has 0 bridgehead atoms. The second-order valence-electron chi connectivity index (χ2n) is 5.63. The Kier molecular flexibility index (Phi) is 7.74. The van der Waals surface area contributed by atoms with Crippen molar-refractivity contribution in [3.63, 3.8) is 0 Å². The minimum atomic E-state index is -0.901. The fourth-order valence-electron chi connectivity index (χ4n) is 2.12. The summed E-state index contributed by atoms with van der Waals surface area (Å²) in [7, 11) is 0. The number of nitrogen functional groups attached to an aromatic ring is 1. The number of hydrogen-bond donors (Lipinski definition) is 3. The van der Waals surface area contributed by atoms with Gasteiger partial charge in [0.2, 0.25) is 5.91 Å². The Balaban J connectivity index is 2.40. The zero-order valence-corrected chi connectivity index (χ0v) is 14.1. The van der Waals surface area contributed by atoms with Gasteiger partial charge >= 0.3 is 5.97 Å². The van der Waals surface area contributed by atoms with Crippen LogP contribution in [0.1, 0.15) is 37.0 Å². The van der Waals surface area contributed by atoms with Crippen molar-refractivity contribution in [1.82, 2.24) is 10.2 Å². The predicted octanol–water partition coefficient (Wildman–Crippen LogP) is 1.35. The van der Waals surface area contributed by atoms with Crippen LogP contribution in [0.15, 0.2) is 24.3 Å². The molecule has 7 heteroatoms. The zero-order valence-electron chi connectivity index (χ0n) is 14.1. The molecule has 0 aromatic heterocycles. The summed E-state index contributed by atoms with van der Waals surface area (Å²) >= 11 is 0. The van der Waals surface area contributed by atoms with Crippen molar-refractivity contribution in [1.29, 1.82) is 0 Å². The van der Waals surface area contributed by atoms with Gasteiger partial charge in [-0.05, 0) is 37.6 Å². The van der Waals surface area contributed by atoms with Crippen LogP contribution in [0.25, 0.3) is 0 Å². The van der Waals surface area contributed by atoms with Crippen LogP contribution in [0.3, 0.4) is 0 Å². The van der Waals surface area contributed by atoms with Crippen molar-refractivity contribution in [2.24, 2.45) is 5.92 Å². The second-order valence-corrected chi connectivity index (χ2v) is 5.63. The molecule has 1 aromatic rings. The van der Waals surface area contributed by atoms with Gasteiger partial charge in [0, 0.05) is 37.3 Å². The topological polar surface area (TPSA) is 113 Å². The largest absolute Gasteiger partial charge is 0.481 e. The minimum absolute atomic E-state index is 0.104. The lowest BCUT2D eigenvalue weighted by Gasteiger charge is -2.21. The molecular weight excluding hydrogens is 310 g/mol. The number of carbonyl (C=O) groups excluding carboxylic acids is 2. The molecule has 24 heavy (non-hydrogen) atoms. The van der Waals surface area contributed by atoms with Gasteiger partial charge < -0.3 is 21.1 Å². The summed E-state index contributed by atoms with van der Waals surface area (Å²) < 4.78 is 0. The maximum Gasteiger partial charge on any atom is 0.306 e. The van der Waals surface area contributed by atoms with E-state index in [9.17, 15) is 14.4 Å². The SMILES string of the molecule is CCN(CCNC(=O)c1ccc(N)cc1)C(=O)CCC(C)C(=O)O. The van der Waals surface area contributed by atoms with Crippen LogP contribution in [-0.4, -0.2) is 47.4 Å². The molecule has 2 amide bonds. The lowest BCUT2D eigenvalue weighted by atomic mass is 10.1. The van der Waals surface area contributed by atoms with Gasteiger partial charge in [-0.3, -0.25) is 14.4 Å². The molecule has 4 N–H and O–H groups in total. The molecular formula is C17H25N3O4. The number of nitrogens with one attached hydrogen (secondary N) is 1. The van der Waals surface area contributed by atoms with Crippen molar-refractivity contribution >= 4 is 23.5 Å². The van der Waals surface area contributed by atoms with E-state index in [1.807, 2.05) is 6.92 Å². The Morgan fingerprint density at radius 3 is 2.42 bits per heavy atom. The average molecular weight is 335 g/mol. The molecule has 0 spiro atoms. The number of nitrogens with two attached hydrogens (primary N) is 1. The molecule has 0 heterocycles. The highest BCUT2D eigenvalue weighted by Crippen LogP contribution is 2.08. The van der Waals surface area contributed by atoms with Gasteiger partial charge in [-0.1, -0.05) is 6.92 Å². The highest BCUT2D eigenvalue weighted by atomic mass is 16.4. The van der Waals surface area contributed by atoms with Crippen molar-refractivity contribution in [2.75, 3.05) is 25.4 Å². The van der Waals surface area contributed by atoms with Gasteiger partial charge in [0.25, 0.3) is 5.91 Å². The number of benzene rings is 1. The Hall–Kier alpha value is -2.57. The first-order chi connectivity index (χ1) is 11.3. The van der Waals surface area contributed by atoms with Crippen LogP contribution in [0.4, 0.5) is 5.69 Å². The van der Waals surface area contributed by atoms with E-state index in [1.54, 1.807) is 36.1 Å². The van der Waals surface area contributed by atoms with Crippen molar-refractivity contribution < 1.29 is 19.5 Å². The number of aliphatic carboxylic acids is 1. The van der Waals surface area contributed by atoms with Crippen molar-refractivity contribution in [3.8, 4) is 0 Å². The van der Waals surface area contributed by atoms with E-state index in [4.69, 9.17) is 10.8 Å². The molecule has 7 nitrogen and oxygen atoms in total. The van der Waals surface area contributed by atoms with E-state index in [0.717, 1.165) is 0 Å². The van der Waals surface area contributed by atoms with Gasteiger partial charge in [-0.15, -0.1) is 0 Å². The van der Waals surface area contributed by atoms with Gasteiger partial charge in [0.1, 0.15) is 0 Å². The van der Waals surface area contributed by atoms with E-state index in [1.165, 1.54) is 0 Å². The normalized spacial score (nSPS) is 11.6. The van der Waals surface area contributed by atoms with Crippen LogP contribution in [-0.2, 0) is 9.59 Å². The van der Waals surface area contributed by atoms with Gasteiger partial charge in [-0.2, -0.15) is 0 Å². The van der Waals surface area contributed by atoms with E-state index in [2.05, 4.69) is 5.32 Å². The van der Waals surface area contributed by atoms with E-state index < -0.39 is 11.9 Å². The standard InChI is InChI=1S/C17H25N3O4/c1-3-20(15(21)9-4-12(2)17(23)24)11-10-19-16(22)13-5-7-14(18)8-6-13/h5-8,12H,3-4,9-11,18H2,1-2H3,(H,19,22)(H,23,24). The van der Waals surface area contributed by atoms with Crippen molar-refractivity contribution in [3.05, 3.63) is 29.8 Å². The Morgan fingerprint density at radius 1 is 1.25 bits per heavy atom. The molecule has 1 atom stereocenters. The number of likely N-dealkylation sites (N-methyl/N-ethyl adjacent to an activating group) is 1. The summed E-state index contributed by atoms with van der Waals surface area (Å²) in [6.45, 7) is 4.66. The third-order valence-corrected chi connectivity index (χ3v) is 3.79. The second kappa shape index (κ2) is 9.54. The highest BCUT2D eigenvalue weighted by Gasteiger charge is 2.16. The van der Waals surface area contributed by atoms with Crippen LogP contribution in [0.5, 0.6) is 0 Å². The van der Waals surface area contributed by atoms with Crippen LogP contribution in [0.2, 0.25) is 0 Å². The van der Waals surface area contributed by atoms with Gasteiger partial charge in [0.15, 0.2) is 0 Å². The molecule has 0 aliphatic carbocycles. The smallest absolute Gasteiger partial charge is 0.306 e. The maximum atomic E-state index is 12.1. The lowest BCUT2D eigenvalue weighted by Crippen LogP contribution is -2.38. The molecule has 0 radical (unpaired) electrons. The number of carboxylic acid groups (broad SMARTS) is 1. The first kappa shape index (κ1) is 19.5. The molecule has 0 saturated heterocycles. The average Bonchev–Trinajstić information content (AvgIpc) is 2.56. The third kappa shape index (κ3) is 6.28. The Labute approximate surface area is 141 Å². The minimum Gasteiger partial charge on any atom is -0.481 e. The van der Waals surface area contributed by atoms with Crippen LogP contribution in [0, 0.1) is 5.92 Å². The fraction of sp³-hybridized carbons (Fsp3) is 0.471. The summed E-state index contributed by atoms with van der Waals surface area (Å²) in [5.74, 6) is -1.77. The highest BCUT2D eigenvalue weighted by molar-refractivity contribution is 5.94. The summed E-state index contributed by atoms with van der Waals surface area (Å²) in [5.41, 5.74) is 6.67. The Morgan fingerprint density at radius 2 is 1.88 bits per heavy atom. The molecule has 0 saturated carbocycles. The molecule has 0 aliphatic rings. The number of hydrogen-bond acceptors (Lipinski definition) is 4. The first-order valence-electron chi connectivity index (χ1n) is 7.99. The monoisotopic (exact) mass is 335 g/mol. The lowest BCUT2D eigenvalue weighted by molar-refractivity contribution is -0.141. The summed E-state index contributed by atoms with van der Waals surface area (Å²) in [6, 6.07) is 6.59. The van der Waals surface area contributed by atoms with E-state index in [0.29, 0.717) is 37.3 Å². The number of nitrogens with zero attached hydrogens (tertiary/aromatic N) is 1. The zero-order chi connectivity index (χ0) is 18.1. The Bertz CT molecular complexity index is 572. The number of rotatable bonds is 9. The third-order valence-electron chi connectivity index (χ3n) is 3.79. The molecule has 132 valence electrons. The number of carboxylic acids is 1. The molecule has 0 fully saturated rings. The summed E-state index contributed by atoms with van der Waals surface area (Å²) in [6.07, 6.45) is 0.496. The van der Waals surface area contributed by atoms with E-state index in [-0.39, 0.29) is 18.2 Å². The summed E-state index contributed by atoms with van der Waals surface area (Å²) in [5, 5.41) is 11.6. The van der Waals surface area contributed by atoms with Gasteiger partial charge in [0.05, 0.1) is 5.92 Å². The number of carbonyl (C=O) groups is 3. The summed E-state index contributed by atoms with van der Waals surface area (Å²) in [4.78, 5) is 36.4. The number of amides is 2. The van der Waals surface area contributed by atoms with Crippen molar-refractivity contribution in [2.45, 2.75) is 26.7 Å². The molecule has 0 aliphatic heterocycles. The number of anilines is 1. The van der Waals surface area contributed by atoms with Crippen LogP contribution >= 0.6 is 0 Å². The van der Waals surface area contributed by atoms with Gasteiger partial charge in [-0.25, -0.2) is 0 Å². The van der Waals surface area contributed by atoms with Crippen LogP contribution < -0.4 is 11.1 Å². The molecule has 1 unspecified atom stereocenters. The molecule has 1 aromatic carbocycles. The quantitative estimate of drug-likeness (QED) is 0.590. The van der Waals surface area contributed by atoms with E-state index >= 15 is 0 Å². The fourth-order valence-corrected chi connectivity index (χ4v) is 2.12. The predicted molar refractivity (Wildman–Crippen MR) is 91.5 cm³/mol. The molecule has 1 rings (SSSR count). The first-order valence-corrected chi connectivity index (χ1v) is 7.99.